The topological polar surface area (TPSA) is 30.5 Å². The molecule has 3 atom stereocenters. The molecule has 0 spiro atoms. The molecule has 0 saturated carbocycles. The number of allylic oxidation sites excluding steroid dienone is 2. The second kappa shape index (κ2) is 6.92. The fraction of sp³-hybridized carbons (Fsp3) is 0.333. The highest BCUT2D eigenvalue weighted by Gasteiger charge is 2.45. The Morgan fingerprint density at radius 1 is 1.11 bits per heavy atom. The second-order valence-electron chi connectivity index (χ2n) is 6.94. The highest BCUT2D eigenvalue weighted by molar-refractivity contribution is 6.33. The molecule has 3 nitrogen and oxygen atoms in total. The molecule has 0 amide bonds. The fourth-order valence-electron chi connectivity index (χ4n) is 4.39. The lowest BCUT2D eigenvalue weighted by molar-refractivity contribution is -0.138. The number of alkyl halides is 3. The summed E-state index contributed by atoms with van der Waals surface area (Å²) in [7, 11) is 3.11. The molecule has 2 aliphatic rings. The summed E-state index contributed by atoms with van der Waals surface area (Å²) in [6.07, 6.45) is 0.00610. The first-order valence-corrected chi connectivity index (χ1v) is 9.28. The number of para-hydroxylation sites is 1. The van der Waals surface area contributed by atoms with Crippen LogP contribution in [0.15, 0.2) is 42.5 Å². The van der Waals surface area contributed by atoms with E-state index >= 15 is 0 Å². The lowest BCUT2D eigenvalue weighted by atomic mass is 9.75. The Labute approximate surface area is 166 Å². The van der Waals surface area contributed by atoms with Gasteiger partial charge >= 0.3 is 6.18 Å². The van der Waals surface area contributed by atoms with Crippen LogP contribution in [0.25, 0.3) is 0 Å². The lowest BCUT2D eigenvalue weighted by Crippen LogP contribution is -2.31. The van der Waals surface area contributed by atoms with Crippen LogP contribution < -0.4 is 14.8 Å². The van der Waals surface area contributed by atoms with Crippen molar-refractivity contribution in [2.24, 2.45) is 5.92 Å². The van der Waals surface area contributed by atoms with Crippen molar-refractivity contribution >= 4 is 17.3 Å². The first-order chi connectivity index (χ1) is 13.4. The van der Waals surface area contributed by atoms with Crippen molar-refractivity contribution in [3.05, 3.63) is 64.2 Å². The summed E-state index contributed by atoms with van der Waals surface area (Å²) >= 11 is 6.33. The largest absolute Gasteiger partial charge is 0.493 e. The maximum absolute atomic E-state index is 13.7. The molecule has 0 unspecified atom stereocenters. The number of hydrogen-bond acceptors (Lipinski definition) is 3. The van der Waals surface area contributed by atoms with Crippen molar-refractivity contribution in [2.75, 3.05) is 19.5 Å². The molecular formula is C21H19ClF3NO2. The molecule has 0 fully saturated rings. The number of anilines is 1. The second-order valence-corrected chi connectivity index (χ2v) is 7.35. The van der Waals surface area contributed by atoms with Gasteiger partial charge < -0.3 is 14.8 Å². The molecule has 1 aliphatic heterocycles. The third kappa shape index (κ3) is 2.91. The van der Waals surface area contributed by atoms with Crippen molar-refractivity contribution in [1.82, 2.24) is 0 Å². The van der Waals surface area contributed by atoms with Gasteiger partial charge in [-0.05, 0) is 36.1 Å². The zero-order chi connectivity index (χ0) is 20.1. The molecule has 2 aromatic carbocycles. The molecule has 0 radical (unpaired) electrons. The Bertz CT molecular complexity index is 942. The van der Waals surface area contributed by atoms with E-state index in [1.807, 2.05) is 24.3 Å². The van der Waals surface area contributed by atoms with Gasteiger partial charge in [-0.2, -0.15) is 13.2 Å². The summed E-state index contributed by atoms with van der Waals surface area (Å²) in [5, 5.41) is 3.56. The van der Waals surface area contributed by atoms with Crippen LogP contribution in [0.1, 0.15) is 35.1 Å². The molecule has 1 N–H and O–H groups in total. The van der Waals surface area contributed by atoms with E-state index < -0.39 is 11.7 Å². The maximum Gasteiger partial charge on any atom is 0.416 e. The van der Waals surface area contributed by atoms with Gasteiger partial charge in [-0.15, -0.1) is 0 Å². The fourth-order valence-corrected chi connectivity index (χ4v) is 4.61. The minimum Gasteiger partial charge on any atom is -0.493 e. The number of methoxy groups -OCH3 is 2. The molecule has 28 heavy (non-hydrogen) atoms. The Kier molecular flexibility index (Phi) is 4.70. The van der Waals surface area contributed by atoms with Gasteiger partial charge in [0, 0.05) is 11.5 Å². The Balaban J connectivity index is 1.89. The van der Waals surface area contributed by atoms with Crippen LogP contribution in [-0.2, 0) is 6.18 Å². The number of halogens is 4. The number of benzene rings is 2. The predicted octanol–water partition coefficient (Wildman–Crippen LogP) is 6.20. The van der Waals surface area contributed by atoms with Crippen molar-refractivity contribution in [3.63, 3.8) is 0 Å². The molecule has 2 aromatic rings. The average Bonchev–Trinajstić information content (AvgIpc) is 3.16. The van der Waals surface area contributed by atoms with E-state index in [0.717, 1.165) is 11.6 Å². The number of fused-ring (bicyclic) bond motifs is 3. The lowest BCUT2D eigenvalue weighted by Gasteiger charge is -2.39. The Morgan fingerprint density at radius 3 is 2.57 bits per heavy atom. The van der Waals surface area contributed by atoms with Gasteiger partial charge in [0.15, 0.2) is 11.5 Å². The smallest absolute Gasteiger partial charge is 0.416 e. The molecule has 148 valence electrons. The quantitative estimate of drug-likeness (QED) is 0.612. The van der Waals surface area contributed by atoms with Crippen LogP contribution in [0.2, 0.25) is 5.02 Å². The Morgan fingerprint density at radius 2 is 1.89 bits per heavy atom. The molecule has 7 heteroatoms. The molecule has 4 rings (SSSR count). The summed E-state index contributed by atoms with van der Waals surface area (Å²) in [6.45, 7) is 0. The van der Waals surface area contributed by atoms with E-state index in [1.54, 1.807) is 20.3 Å². The Hall–Kier alpha value is -2.34. The third-order valence-corrected chi connectivity index (χ3v) is 5.86. The van der Waals surface area contributed by atoms with E-state index in [0.29, 0.717) is 23.6 Å². The minimum absolute atomic E-state index is 0.0897. The zero-order valence-corrected chi connectivity index (χ0v) is 16.1. The first-order valence-electron chi connectivity index (χ1n) is 8.90. The van der Waals surface area contributed by atoms with Crippen LogP contribution in [0, 0.1) is 5.92 Å². The highest BCUT2D eigenvalue weighted by Crippen LogP contribution is 2.56. The van der Waals surface area contributed by atoms with Crippen LogP contribution in [0.4, 0.5) is 18.9 Å². The maximum atomic E-state index is 13.7. The van der Waals surface area contributed by atoms with E-state index in [2.05, 4.69) is 5.32 Å². The summed E-state index contributed by atoms with van der Waals surface area (Å²) in [4.78, 5) is 0. The summed E-state index contributed by atoms with van der Waals surface area (Å²) in [6, 6.07) is 7.64. The van der Waals surface area contributed by atoms with Crippen LogP contribution in [0.5, 0.6) is 11.5 Å². The van der Waals surface area contributed by atoms with E-state index in [-0.39, 0.29) is 28.5 Å². The van der Waals surface area contributed by atoms with Gasteiger partial charge in [0.25, 0.3) is 0 Å². The van der Waals surface area contributed by atoms with Crippen molar-refractivity contribution in [2.45, 2.75) is 24.6 Å². The number of nitrogens with one attached hydrogen (secondary N) is 1. The monoisotopic (exact) mass is 409 g/mol. The van der Waals surface area contributed by atoms with Gasteiger partial charge in [0.2, 0.25) is 0 Å². The average molecular weight is 410 g/mol. The van der Waals surface area contributed by atoms with Crippen molar-refractivity contribution < 1.29 is 22.6 Å². The summed E-state index contributed by atoms with van der Waals surface area (Å²) in [5.41, 5.74) is 0.743. The van der Waals surface area contributed by atoms with E-state index in [1.165, 1.54) is 6.07 Å². The number of rotatable bonds is 3. The van der Waals surface area contributed by atoms with Gasteiger partial charge in [0.05, 0.1) is 36.5 Å². The van der Waals surface area contributed by atoms with Crippen LogP contribution >= 0.6 is 11.6 Å². The van der Waals surface area contributed by atoms with Crippen molar-refractivity contribution in [1.29, 1.82) is 0 Å². The van der Waals surface area contributed by atoms with Gasteiger partial charge in [-0.25, -0.2) is 0 Å². The van der Waals surface area contributed by atoms with Crippen molar-refractivity contribution in [3.8, 4) is 11.5 Å². The molecule has 1 heterocycles. The zero-order valence-electron chi connectivity index (χ0n) is 15.3. The molecule has 0 aromatic heterocycles. The normalized spacial score (nSPS) is 23.0. The summed E-state index contributed by atoms with van der Waals surface area (Å²) in [5.74, 6) is 0.672. The molecule has 1 aliphatic carbocycles. The van der Waals surface area contributed by atoms with Crippen LogP contribution in [-0.4, -0.2) is 14.2 Å². The first kappa shape index (κ1) is 19.0. The molecular weight excluding hydrogens is 391 g/mol. The highest BCUT2D eigenvalue weighted by atomic mass is 35.5. The molecule has 0 saturated heterocycles. The van der Waals surface area contributed by atoms with E-state index in [4.69, 9.17) is 21.1 Å². The SMILES string of the molecule is COc1cccc([C@@H]2Nc3c(Cl)ccc(C(F)(F)F)c3[C@H]3C=CC[C@@H]32)c1OC. The third-order valence-electron chi connectivity index (χ3n) is 5.54. The van der Waals surface area contributed by atoms with Gasteiger partial charge in [-0.3, -0.25) is 0 Å². The number of hydrogen-bond donors (Lipinski definition) is 1. The minimum atomic E-state index is -4.45. The predicted molar refractivity (Wildman–Crippen MR) is 102 cm³/mol. The van der Waals surface area contributed by atoms with E-state index in [9.17, 15) is 13.2 Å². The standard InChI is InChI=1S/C21H19ClF3NO2/c1-27-16-8-4-7-13(20(16)28-2)18-12-6-3-5-11(12)17-14(21(23,24)25)9-10-15(22)19(17)26-18/h3-5,7-12,18,26H,6H2,1-2H3/t11-,12-,18+/m0/s1. The summed E-state index contributed by atoms with van der Waals surface area (Å²) < 4.78 is 52.0. The number of ether oxygens (including phenoxy) is 2. The molecule has 0 bridgehead atoms. The van der Waals surface area contributed by atoms with Crippen LogP contribution in [0.3, 0.4) is 0 Å². The van der Waals surface area contributed by atoms with Gasteiger partial charge in [-0.1, -0.05) is 35.9 Å². The van der Waals surface area contributed by atoms with Gasteiger partial charge in [0.1, 0.15) is 0 Å².